The van der Waals surface area contributed by atoms with Crippen molar-refractivity contribution in [2.24, 2.45) is 0 Å². The van der Waals surface area contributed by atoms with Gasteiger partial charge >= 0.3 is 5.97 Å². The number of pyridine rings is 1. The van der Waals surface area contributed by atoms with Gasteiger partial charge in [-0.15, -0.1) is 0 Å². The third-order valence-corrected chi connectivity index (χ3v) is 7.14. The molecule has 5 nitrogen and oxygen atoms in total. The quantitative estimate of drug-likeness (QED) is 0.660. The normalized spacial score (nSPS) is 23.8. The first kappa shape index (κ1) is 21.1. The van der Waals surface area contributed by atoms with E-state index >= 15 is 0 Å². The second-order valence-electron chi connectivity index (χ2n) is 9.09. The fourth-order valence-electron chi connectivity index (χ4n) is 5.39. The van der Waals surface area contributed by atoms with Crippen LogP contribution in [0.25, 0.3) is 10.9 Å². The Morgan fingerprint density at radius 2 is 1.87 bits per heavy atom. The number of rotatable bonds is 6. The molecule has 4 rings (SSSR count). The number of hydrogen-bond donors (Lipinski definition) is 0. The first-order valence-corrected chi connectivity index (χ1v) is 11.5. The number of ether oxygens (including phenoxy) is 1. The monoisotopic (exact) mass is 410 g/mol. The number of aromatic nitrogens is 1. The zero-order valence-corrected chi connectivity index (χ0v) is 18.7. The van der Waals surface area contributed by atoms with E-state index in [-0.39, 0.29) is 17.6 Å². The molecule has 2 aromatic rings. The van der Waals surface area contributed by atoms with E-state index in [1.54, 1.807) is 0 Å². The van der Waals surface area contributed by atoms with Crippen LogP contribution < -0.4 is 5.56 Å². The maximum absolute atomic E-state index is 13.4. The van der Waals surface area contributed by atoms with E-state index in [9.17, 15) is 9.59 Å². The van der Waals surface area contributed by atoms with Crippen LogP contribution in [0, 0.1) is 6.92 Å². The minimum atomic E-state index is -0.323. The zero-order chi connectivity index (χ0) is 21.4. The van der Waals surface area contributed by atoms with E-state index in [1.165, 1.54) is 12.8 Å². The van der Waals surface area contributed by atoms with Crippen molar-refractivity contribution in [2.75, 3.05) is 7.05 Å². The Bertz CT molecular complexity index is 996. The summed E-state index contributed by atoms with van der Waals surface area (Å²) in [6.45, 7) is 6.78. The van der Waals surface area contributed by atoms with Crippen molar-refractivity contribution in [2.45, 2.75) is 90.4 Å². The van der Waals surface area contributed by atoms with Crippen molar-refractivity contribution in [3.05, 3.63) is 45.2 Å². The molecule has 0 N–H and O–H groups in total. The van der Waals surface area contributed by atoms with Crippen LogP contribution in [0.4, 0.5) is 0 Å². The highest BCUT2D eigenvalue weighted by atomic mass is 16.5. The molecule has 3 atom stereocenters. The van der Waals surface area contributed by atoms with Crippen LogP contribution in [0.1, 0.15) is 73.9 Å². The standard InChI is InChI=1S/C25H34N2O3/c1-5-7-12-27-22-11-8-16(3)13-21(22)23(20(6-2)24(27)28)25(29)30-19-14-17-9-10-18(15-19)26(17)4/h8,11,13,17-19H,5-7,9-10,12,14-15H2,1-4H3/t17-,18+,19?. The van der Waals surface area contributed by atoms with Gasteiger partial charge in [-0.25, -0.2) is 4.79 Å². The number of carbonyl (C=O) groups excluding carboxylic acids is 1. The van der Waals surface area contributed by atoms with Gasteiger partial charge in [0, 0.05) is 42.4 Å². The van der Waals surface area contributed by atoms with E-state index in [2.05, 4.69) is 18.9 Å². The number of esters is 1. The van der Waals surface area contributed by atoms with Crippen molar-refractivity contribution < 1.29 is 9.53 Å². The molecule has 30 heavy (non-hydrogen) atoms. The van der Waals surface area contributed by atoms with Crippen molar-refractivity contribution in [1.29, 1.82) is 0 Å². The second kappa shape index (κ2) is 8.54. The Balaban J connectivity index is 1.75. The average Bonchev–Trinajstić information content (AvgIpc) is 2.93. The van der Waals surface area contributed by atoms with E-state index in [1.807, 2.05) is 36.6 Å². The Morgan fingerprint density at radius 1 is 1.17 bits per heavy atom. The highest BCUT2D eigenvalue weighted by Crippen LogP contribution is 2.36. The largest absolute Gasteiger partial charge is 0.459 e. The average molecular weight is 411 g/mol. The lowest BCUT2D eigenvalue weighted by Crippen LogP contribution is -2.43. The lowest BCUT2D eigenvalue weighted by atomic mass is 9.98. The fraction of sp³-hybridized carbons (Fsp3) is 0.600. The Morgan fingerprint density at radius 3 is 2.50 bits per heavy atom. The number of nitrogens with zero attached hydrogens (tertiary/aromatic N) is 2. The first-order valence-electron chi connectivity index (χ1n) is 11.5. The number of unbranched alkanes of at least 4 members (excludes halogenated alkanes) is 1. The summed E-state index contributed by atoms with van der Waals surface area (Å²) in [5, 5.41) is 0.850. The molecule has 0 spiro atoms. The molecule has 0 saturated carbocycles. The van der Waals surface area contributed by atoms with Gasteiger partial charge in [-0.05, 0) is 51.8 Å². The van der Waals surface area contributed by atoms with Crippen LogP contribution in [-0.2, 0) is 17.7 Å². The number of benzene rings is 1. The molecule has 2 aliphatic heterocycles. The van der Waals surface area contributed by atoms with Crippen LogP contribution >= 0.6 is 0 Å². The minimum Gasteiger partial charge on any atom is -0.459 e. The van der Waals surface area contributed by atoms with E-state index in [0.717, 1.165) is 42.1 Å². The zero-order valence-electron chi connectivity index (χ0n) is 18.7. The molecule has 3 heterocycles. The number of piperidine rings is 1. The van der Waals surface area contributed by atoms with Crippen LogP contribution in [0.2, 0.25) is 0 Å². The molecule has 0 amide bonds. The molecule has 1 aromatic heterocycles. The van der Waals surface area contributed by atoms with E-state index in [4.69, 9.17) is 4.74 Å². The Labute approximate surface area is 179 Å². The topological polar surface area (TPSA) is 51.5 Å². The molecule has 2 fully saturated rings. The van der Waals surface area contributed by atoms with Gasteiger partial charge in [-0.1, -0.05) is 31.9 Å². The maximum atomic E-state index is 13.4. The van der Waals surface area contributed by atoms with Crippen LogP contribution in [0.5, 0.6) is 0 Å². The summed E-state index contributed by atoms with van der Waals surface area (Å²) in [6.07, 6.45) is 6.58. The molecule has 0 aliphatic carbocycles. The summed E-state index contributed by atoms with van der Waals surface area (Å²) in [7, 11) is 2.18. The third kappa shape index (κ3) is 3.68. The highest BCUT2D eigenvalue weighted by molar-refractivity contribution is 6.05. The van der Waals surface area contributed by atoms with Gasteiger partial charge in [-0.2, -0.15) is 0 Å². The summed E-state index contributed by atoms with van der Waals surface area (Å²) < 4.78 is 7.91. The van der Waals surface area contributed by atoms with E-state index < -0.39 is 0 Å². The van der Waals surface area contributed by atoms with Gasteiger partial charge < -0.3 is 14.2 Å². The smallest absolute Gasteiger partial charge is 0.339 e. The maximum Gasteiger partial charge on any atom is 0.339 e. The summed E-state index contributed by atoms with van der Waals surface area (Å²) in [4.78, 5) is 29.2. The fourth-order valence-corrected chi connectivity index (χ4v) is 5.39. The summed E-state index contributed by atoms with van der Waals surface area (Å²) in [6, 6.07) is 7.04. The van der Waals surface area contributed by atoms with Crippen molar-refractivity contribution in [1.82, 2.24) is 9.47 Å². The Hall–Kier alpha value is -2.14. The number of carbonyl (C=O) groups is 1. The van der Waals surface area contributed by atoms with Gasteiger partial charge in [-0.3, -0.25) is 4.79 Å². The SMILES string of the molecule is CCCCn1c(=O)c(CC)c(C(=O)OC2C[C@H]3CC[C@@H](C2)N3C)c2cc(C)ccc21. The molecule has 2 bridgehead atoms. The molecule has 5 heteroatoms. The predicted octanol–water partition coefficient (Wildman–Crippen LogP) is 4.45. The van der Waals surface area contributed by atoms with Gasteiger partial charge in [0.15, 0.2) is 0 Å². The summed E-state index contributed by atoms with van der Waals surface area (Å²) in [5.74, 6) is -0.323. The lowest BCUT2D eigenvalue weighted by molar-refractivity contribution is -0.000380. The lowest BCUT2D eigenvalue weighted by Gasteiger charge is -2.35. The molecule has 1 aromatic carbocycles. The molecular weight excluding hydrogens is 376 g/mol. The van der Waals surface area contributed by atoms with Crippen LogP contribution in [-0.4, -0.2) is 40.7 Å². The number of aryl methyl sites for hydroxylation is 2. The number of hydrogen-bond acceptors (Lipinski definition) is 4. The van der Waals surface area contributed by atoms with Gasteiger partial charge in [0.05, 0.1) is 11.1 Å². The van der Waals surface area contributed by atoms with Crippen molar-refractivity contribution in [3.8, 4) is 0 Å². The molecule has 2 aliphatic rings. The van der Waals surface area contributed by atoms with E-state index in [0.29, 0.717) is 36.2 Å². The van der Waals surface area contributed by atoms with Crippen molar-refractivity contribution >= 4 is 16.9 Å². The molecule has 162 valence electrons. The predicted molar refractivity (Wildman–Crippen MR) is 120 cm³/mol. The van der Waals surface area contributed by atoms with Crippen LogP contribution in [0.3, 0.4) is 0 Å². The third-order valence-electron chi connectivity index (χ3n) is 7.14. The number of fused-ring (bicyclic) bond motifs is 3. The van der Waals surface area contributed by atoms with Gasteiger partial charge in [0.1, 0.15) is 6.10 Å². The van der Waals surface area contributed by atoms with Crippen LogP contribution in [0.15, 0.2) is 23.0 Å². The molecular formula is C25H34N2O3. The van der Waals surface area contributed by atoms with Gasteiger partial charge in [0.25, 0.3) is 5.56 Å². The summed E-state index contributed by atoms with van der Waals surface area (Å²) >= 11 is 0. The van der Waals surface area contributed by atoms with Gasteiger partial charge in [0.2, 0.25) is 0 Å². The minimum absolute atomic E-state index is 0.0438. The summed E-state index contributed by atoms with van der Waals surface area (Å²) in [5.41, 5.74) is 2.95. The first-order chi connectivity index (χ1) is 14.4. The molecule has 2 saturated heterocycles. The molecule has 0 radical (unpaired) electrons. The Kier molecular flexibility index (Phi) is 6.01. The van der Waals surface area contributed by atoms with Crippen molar-refractivity contribution in [3.63, 3.8) is 0 Å². The highest BCUT2D eigenvalue weighted by Gasteiger charge is 2.40. The molecule has 1 unspecified atom stereocenters. The second-order valence-corrected chi connectivity index (χ2v) is 9.09.